The van der Waals surface area contributed by atoms with Crippen LogP contribution < -0.4 is 11.1 Å². The number of benzene rings is 2. The van der Waals surface area contributed by atoms with Gasteiger partial charge in [-0.2, -0.15) is 0 Å². The number of aryl methyl sites for hydroxylation is 1. The largest absolute Gasteiger partial charge is 0.378 e. The van der Waals surface area contributed by atoms with Gasteiger partial charge in [0.2, 0.25) is 5.91 Å². The van der Waals surface area contributed by atoms with Crippen molar-refractivity contribution in [2.45, 2.75) is 19.9 Å². The van der Waals surface area contributed by atoms with Gasteiger partial charge in [0.05, 0.1) is 10.6 Å². The number of hydrogen-bond donors (Lipinski definition) is 2. The topological polar surface area (TPSA) is 55.1 Å². The summed E-state index contributed by atoms with van der Waals surface area (Å²) in [6.45, 7) is 4.14. The van der Waals surface area contributed by atoms with Crippen molar-refractivity contribution in [2.75, 3.05) is 5.32 Å². The molecule has 0 saturated carbocycles. The molecule has 2 aromatic rings. The van der Waals surface area contributed by atoms with E-state index in [1.807, 2.05) is 18.2 Å². The van der Waals surface area contributed by atoms with Gasteiger partial charge in [-0.15, -0.1) is 0 Å². The summed E-state index contributed by atoms with van der Waals surface area (Å²) in [6, 6.07) is 13.5. The van der Waals surface area contributed by atoms with Crippen LogP contribution in [-0.4, -0.2) is 5.91 Å². The Morgan fingerprint density at radius 3 is 2.60 bits per heavy atom. The summed E-state index contributed by atoms with van der Waals surface area (Å²) in [4.78, 5) is 11.3. The first-order valence-corrected chi connectivity index (χ1v) is 6.78. The molecule has 1 atom stereocenters. The molecule has 0 fully saturated rings. The summed E-state index contributed by atoms with van der Waals surface area (Å²) in [5.74, 6) is -0.526. The minimum Gasteiger partial charge on any atom is -0.378 e. The van der Waals surface area contributed by atoms with Crippen LogP contribution in [0.15, 0.2) is 42.5 Å². The van der Waals surface area contributed by atoms with Gasteiger partial charge in [0.15, 0.2) is 0 Å². The van der Waals surface area contributed by atoms with Gasteiger partial charge in [0, 0.05) is 11.7 Å². The SMILES string of the molecule is Cc1ccccc1C(C)Nc1ccc(Cl)c(C(N)=O)c1. The molecule has 2 rings (SSSR count). The molecule has 0 aliphatic heterocycles. The summed E-state index contributed by atoms with van der Waals surface area (Å²) in [5.41, 5.74) is 8.87. The van der Waals surface area contributed by atoms with E-state index in [4.69, 9.17) is 17.3 Å². The number of nitrogens with one attached hydrogen (secondary N) is 1. The Bertz CT molecular complexity index is 640. The zero-order chi connectivity index (χ0) is 14.7. The van der Waals surface area contributed by atoms with E-state index >= 15 is 0 Å². The Hall–Kier alpha value is -2.00. The third-order valence-electron chi connectivity index (χ3n) is 3.27. The van der Waals surface area contributed by atoms with E-state index in [9.17, 15) is 4.79 Å². The second kappa shape index (κ2) is 5.97. The molecule has 2 aromatic carbocycles. The van der Waals surface area contributed by atoms with Crippen LogP contribution in [-0.2, 0) is 0 Å². The molecule has 104 valence electrons. The minimum atomic E-state index is -0.526. The fourth-order valence-corrected chi connectivity index (χ4v) is 2.41. The fraction of sp³-hybridized carbons (Fsp3) is 0.188. The molecule has 4 heteroatoms. The van der Waals surface area contributed by atoms with Gasteiger partial charge in [-0.25, -0.2) is 0 Å². The highest BCUT2D eigenvalue weighted by molar-refractivity contribution is 6.33. The first kappa shape index (κ1) is 14.4. The van der Waals surface area contributed by atoms with Crippen LogP contribution in [0.2, 0.25) is 5.02 Å². The van der Waals surface area contributed by atoms with E-state index in [0.717, 1.165) is 5.69 Å². The normalized spacial score (nSPS) is 11.9. The Labute approximate surface area is 123 Å². The summed E-state index contributed by atoms with van der Waals surface area (Å²) < 4.78 is 0. The van der Waals surface area contributed by atoms with Gasteiger partial charge < -0.3 is 11.1 Å². The van der Waals surface area contributed by atoms with Crippen molar-refractivity contribution >= 4 is 23.2 Å². The average molecular weight is 289 g/mol. The monoisotopic (exact) mass is 288 g/mol. The van der Waals surface area contributed by atoms with Crippen LogP contribution in [0.3, 0.4) is 0 Å². The Morgan fingerprint density at radius 2 is 1.95 bits per heavy atom. The van der Waals surface area contributed by atoms with Crippen LogP contribution in [0.4, 0.5) is 5.69 Å². The molecule has 0 spiro atoms. The number of anilines is 1. The van der Waals surface area contributed by atoms with Crippen molar-refractivity contribution in [3.05, 3.63) is 64.2 Å². The maximum absolute atomic E-state index is 11.3. The molecule has 0 aliphatic rings. The molecule has 0 radical (unpaired) electrons. The van der Waals surface area contributed by atoms with E-state index in [1.165, 1.54) is 11.1 Å². The third-order valence-corrected chi connectivity index (χ3v) is 3.60. The van der Waals surface area contributed by atoms with Crippen LogP contribution >= 0.6 is 11.6 Å². The quantitative estimate of drug-likeness (QED) is 0.896. The molecule has 1 amide bonds. The van der Waals surface area contributed by atoms with E-state index in [-0.39, 0.29) is 6.04 Å². The van der Waals surface area contributed by atoms with Crippen molar-refractivity contribution in [1.82, 2.24) is 0 Å². The number of carbonyl (C=O) groups is 1. The molecular weight excluding hydrogens is 272 g/mol. The molecule has 20 heavy (non-hydrogen) atoms. The highest BCUT2D eigenvalue weighted by Gasteiger charge is 2.11. The maximum atomic E-state index is 11.3. The Morgan fingerprint density at radius 1 is 1.25 bits per heavy atom. The lowest BCUT2D eigenvalue weighted by Crippen LogP contribution is -2.13. The van der Waals surface area contributed by atoms with Crippen LogP contribution in [0, 0.1) is 6.92 Å². The molecular formula is C16H17ClN2O. The number of carbonyl (C=O) groups excluding carboxylic acids is 1. The molecule has 0 bridgehead atoms. The molecule has 0 saturated heterocycles. The predicted molar refractivity (Wildman–Crippen MR) is 83.2 cm³/mol. The molecule has 1 unspecified atom stereocenters. The lowest BCUT2D eigenvalue weighted by atomic mass is 10.0. The second-order valence-corrected chi connectivity index (χ2v) is 5.19. The summed E-state index contributed by atoms with van der Waals surface area (Å²) >= 11 is 5.94. The molecule has 0 aliphatic carbocycles. The second-order valence-electron chi connectivity index (χ2n) is 4.78. The van der Waals surface area contributed by atoms with Crippen LogP contribution in [0.5, 0.6) is 0 Å². The molecule has 3 N–H and O–H groups in total. The lowest BCUT2D eigenvalue weighted by Gasteiger charge is -2.18. The van der Waals surface area contributed by atoms with Gasteiger partial charge >= 0.3 is 0 Å². The summed E-state index contributed by atoms with van der Waals surface area (Å²) in [7, 11) is 0. The van der Waals surface area contributed by atoms with Crippen molar-refractivity contribution in [2.24, 2.45) is 5.73 Å². The van der Waals surface area contributed by atoms with E-state index in [0.29, 0.717) is 10.6 Å². The molecule has 3 nitrogen and oxygen atoms in total. The van der Waals surface area contributed by atoms with Crippen molar-refractivity contribution < 1.29 is 4.79 Å². The molecule has 0 heterocycles. The van der Waals surface area contributed by atoms with Gasteiger partial charge in [-0.1, -0.05) is 35.9 Å². The highest BCUT2D eigenvalue weighted by atomic mass is 35.5. The van der Waals surface area contributed by atoms with Gasteiger partial charge in [0.1, 0.15) is 0 Å². The zero-order valence-corrected chi connectivity index (χ0v) is 12.2. The van der Waals surface area contributed by atoms with Gasteiger partial charge in [-0.3, -0.25) is 4.79 Å². The number of halogens is 1. The maximum Gasteiger partial charge on any atom is 0.250 e. The van der Waals surface area contributed by atoms with Crippen LogP contribution in [0.1, 0.15) is 34.5 Å². The van der Waals surface area contributed by atoms with E-state index < -0.39 is 5.91 Å². The minimum absolute atomic E-state index is 0.123. The third kappa shape index (κ3) is 3.11. The van der Waals surface area contributed by atoms with Crippen LogP contribution in [0.25, 0.3) is 0 Å². The average Bonchev–Trinajstić information content (AvgIpc) is 2.41. The Balaban J connectivity index is 2.24. The Kier molecular flexibility index (Phi) is 4.30. The van der Waals surface area contributed by atoms with E-state index in [1.54, 1.807) is 12.1 Å². The summed E-state index contributed by atoms with van der Waals surface area (Å²) in [5, 5.41) is 3.72. The highest BCUT2D eigenvalue weighted by Crippen LogP contribution is 2.25. The first-order chi connectivity index (χ1) is 9.49. The van der Waals surface area contributed by atoms with Crippen molar-refractivity contribution in [3.8, 4) is 0 Å². The van der Waals surface area contributed by atoms with Crippen molar-refractivity contribution in [1.29, 1.82) is 0 Å². The number of nitrogens with two attached hydrogens (primary N) is 1. The molecule has 0 aromatic heterocycles. The lowest BCUT2D eigenvalue weighted by molar-refractivity contribution is 0.100. The standard InChI is InChI=1S/C16H17ClN2O/c1-10-5-3-4-6-13(10)11(2)19-12-7-8-15(17)14(9-12)16(18)20/h3-9,11,19H,1-2H3,(H2,18,20). The number of primary amides is 1. The first-order valence-electron chi connectivity index (χ1n) is 6.40. The number of hydrogen-bond acceptors (Lipinski definition) is 2. The number of rotatable bonds is 4. The fourth-order valence-electron chi connectivity index (χ4n) is 2.20. The van der Waals surface area contributed by atoms with Gasteiger partial charge in [0.25, 0.3) is 0 Å². The predicted octanol–water partition coefficient (Wildman–Crippen LogP) is 3.92. The van der Waals surface area contributed by atoms with Gasteiger partial charge in [-0.05, 0) is 43.2 Å². The zero-order valence-electron chi connectivity index (χ0n) is 11.5. The smallest absolute Gasteiger partial charge is 0.250 e. The van der Waals surface area contributed by atoms with Crippen molar-refractivity contribution in [3.63, 3.8) is 0 Å². The number of amides is 1. The summed E-state index contributed by atoms with van der Waals surface area (Å²) in [6.07, 6.45) is 0. The van der Waals surface area contributed by atoms with E-state index in [2.05, 4.69) is 31.3 Å².